The Balaban J connectivity index is 1.95. The minimum Gasteiger partial charge on any atom is -0.364 e. The first-order chi connectivity index (χ1) is 8.19. The highest BCUT2D eigenvalue weighted by Gasteiger charge is 2.03. The van der Waals surface area contributed by atoms with Crippen molar-refractivity contribution >= 4 is 5.82 Å². The van der Waals surface area contributed by atoms with E-state index in [4.69, 9.17) is 0 Å². The highest BCUT2D eigenvalue weighted by Crippen LogP contribution is 2.09. The monoisotopic (exact) mass is 233 g/mol. The van der Waals surface area contributed by atoms with Crippen LogP contribution in [-0.4, -0.2) is 19.6 Å². The summed E-state index contributed by atoms with van der Waals surface area (Å²) in [4.78, 5) is 0. The van der Waals surface area contributed by atoms with Crippen LogP contribution in [-0.2, 0) is 20.1 Å². The lowest BCUT2D eigenvalue weighted by atomic mass is 10.2. The van der Waals surface area contributed by atoms with E-state index in [1.165, 1.54) is 5.56 Å². The summed E-state index contributed by atoms with van der Waals surface area (Å²) in [7, 11) is 1.94. The minimum absolute atomic E-state index is 0.767. The second kappa shape index (κ2) is 5.03. The van der Waals surface area contributed by atoms with E-state index >= 15 is 0 Å². The Kier molecular flexibility index (Phi) is 3.46. The Morgan fingerprint density at radius 2 is 2.18 bits per heavy atom. The molecule has 0 unspecified atom stereocenters. The van der Waals surface area contributed by atoms with E-state index in [1.54, 1.807) is 0 Å². The van der Waals surface area contributed by atoms with Crippen molar-refractivity contribution in [1.29, 1.82) is 0 Å². The van der Waals surface area contributed by atoms with Crippen molar-refractivity contribution < 1.29 is 0 Å². The van der Waals surface area contributed by atoms with E-state index < -0.39 is 0 Å². The molecule has 0 aromatic carbocycles. The molecule has 0 bridgehead atoms. The SMILES string of the molecule is CCCn1ccc(NCc2cn(C)nc2C)n1. The van der Waals surface area contributed by atoms with Gasteiger partial charge < -0.3 is 5.32 Å². The number of hydrogen-bond donors (Lipinski definition) is 1. The summed E-state index contributed by atoms with van der Waals surface area (Å²) in [5.74, 6) is 0.918. The molecule has 0 amide bonds. The first-order valence-electron chi connectivity index (χ1n) is 5.95. The Morgan fingerprint density at radius 3 is 2.82 bits per heavy atom. The third-order valence-corrected chi connectivity index (χ3v) is 2.67. The van der Waals surface area contributed by atoms with Crippen LogP contribution in [0.5, 0.6) is 0 Å². The second-order valence-corrected chi connectivity index (χ2v) is 4.23. The first-order valence-corrected chi connectivity index (χ1v) is 5.95. The lowest BCUT2D eigenvalue weighted by molar-refractivity contribution is 0.604. The van der Waals surface area contributed by atoms with Crippen LogP contribution >= 0.6 is 0 Å². The molecule has 0 saturated carbocycles. The molecule has 0 fully saturated rings. The molecule has 0 saturated heterocycles. The van der Waals surface area contributed by atoms with Gasteiger partial charge in [0, 0.05) is 44.2 Å². The van der Waals surface area contributed by atoms with Crippen LogP contribution in [0.25, 0.3) is 0 Å². The first kappa shape index (κ1) is 11.7. The molecule has 5 nitrogen and oxygen atoms in total. The zero-order valence-corrected chi connectivity index (χ0v) is 10.6. The fraction of sp³-hybridized carbons (Fsp3) is 0.500. The normalized spacial score (nSPS) is 10.8. The molecule has 5 heteroatoms. The van der Waals surface area contributed by atoms with Crippen LogP contribution in [0.4, 0.5) is 5.82 Å². The molecule has 0 atom stereocenters. The van der Waals surface area contributed by atoms with Crippen LogP contribution in [0.3, 0.4) is 0 Å². The van der Waals surface area contributed by atoms with E-state index in [0.717, 1.165) is 31.0 Å². The quantitative estimate of drug-likeness (QED) is 0.858. The third kappa shape index (κ3) is 2.87. The van der Waals surface area contributed by atoms with E-state index in [1.807, 2.05) is 41.8 Å². The fourth-order valence-electron chi connectivity index (χ4n) is 1.82. The predicted octanol–water partition coefficient (Wildman–Crippen LogP) is 1.95. The van der Waals surface area contributed by atoms with Crippen molar-refractivity contribution in [2.45, 2.75) is 33.4 Å². The van der Waals surface area contributed by atoms with Gasteiger partial charge in [0.15, 0.2) is 0 Å². The largest absolute Gasteiger partial charge is 0.364 e. The molecule has 0 radical (unpaired) electrons. The maximum absolute atomic E-state index is 4.43. The number of aryl methyl sites for hydroxylation is 3. The zero-order chi connectivity index (χ0) is 12.3. The Bertz CT molecular complexity index is 483. The van der Waals surface area contributed by atoms with Crippen molar-refractivity contribution in [3.8, 4) is 0 Å². The molecule has 2 aromatic heterocycles. The van der Waals surface area contributed by atoms with Gasteiger partial charge in [0.25, 0.3) is 0 Å². The fourth-order valence-corrected chi connectivity index (χ4v) is 1.82. The third-order valence-electron chi connectivity index (χ3n) is 2.67. The molecule has 2 heterocycles. The Morgan fingerprint density at radius 1 is 1.35 bits per heavy atom. The summed E-state index contributed by atoms with van der Waals surface area (Å²) in [5.41, 5.74) is 2.27. The summed E-state index contributed by atoms with van der Waals surface area (Å²) in [6.07, 6.45) is 5.14. The average Bonchev–Trinajstić information content (AvgIpc) is 2.83. The Labute approximate surface area is 101 Å². The van der Waals surface area contributed by atoms with Crippen molar-refractivity contribution in [1.82, 2.24) is 19.6 Å². The number of nitrogens with one attached hydrogen (secondary N) is 1. The van der Waals surface area contributed by atoms with Crippen molar-refractivity contribution in [2.24, 2.45) is 7.05 Å². The van der Waals surface area contributed by atoms with Gasteiger partial charge in [-0.25, -0.2) is 0 Å². The van der Waals surface area contributed by atoms with Gasteiger partial charge in [0.05, 0.1) is 5.69 Å². The minimum atomic E-state index is 0.767. The summed E-state index contributed by atoms with van der Waals surface area (Å²) in [5, 5.41) is 12.0. The number of rotatable bonds is 5. The molecule has 2 rings (SSSR count). The molecular weight excluding hydrogens is 214 g/mol. The number of hydrogen-bond acceptors (Lipinski definition) is 3. The van der Waals surface area contributed by atoms with Crippen LogP contribution in [0, 0.1) is 6.92 Å². The van der Waals surface area contributed by atoms with Gasteiger partial charge >= 0.3 is 0 Å². The topological polar surface area (TPSA) is 47.7 Å². The standard InChI is InChI=1S/C12H19N5/c1-4-6-17-7-5-12(15-17)13-8-11-9-16(3)14-10(11)2/h5,7,9H,4,6,8H2,1-3H3,(H,13,15). The highest BCUT2D eigenvalue weighted by atomic mass is 15.3. The molecule has 92 valence electrons. The lowest BCUT2D eigenvalue weighted by Gasteiger charge is -2.01. The van der Waals surface area contributed by atoms with Crippen molar-refractivity contribution in [3.05, 3.63) is 29.7 Å². The van der Waals surface area contributed by atoms with E-state index in [0.29, 0.717) is 0 Å². The van der Waals surface area contributed by atoms with Crippen molar-refractivity contribution in [2.75, 3.05) is 5.32 Å². The smallest absolute Gasteiger partial charge is 0.148 e. The van der Waals surface area contributed by atoms with Gasteiger partial charge in [-0.1, -0.05) is 6.92 Å². The summed E-state index contributed by atoms with van der Waals surface area (Å²) < 4.78 is 3.79. The van der Waals surface area contributed by atoms with E-state index in [9.17, 15) is 0 Å². The molecular formula is C12H19N5. The van der Waals surface area contributed by atoms with Gasteiger partial charge in [-0.15, -0.1) is 0 Å². The summed E-state index contributed by atoms with van der Waals surface area (Å²) >= 11 is 0. The zero-order valence-electron chi connectivity index (χ0n) is 10.6. The average molecular weight is 233 g/mol. The van der Waals surface area contributed by atoms with E-state index in [2.05, 4.69) is 22.4 Å². The van der Waals surface area contributed by atoms with E-state index in [-0.39, 0.29) is 0 Å². The number of aromatic nitrogens is 4. The molecule has 0 spiro atoms. The molecule has 0 aliphatic rings. The summed E-state index contributed by atoms with van der Waals surface area (Å²) in [6.45, 7) is 5.90. The predicted molar refractivity (Wildman–Crippen MR) is 67.8 cm³/mol. The highest BCUT2D eigenvalue weighted by molar-refractivity contribution is 5.34. The van der Waals surface area contributed by atoms with Gasteiger partial charge in [-0.05, 0) is 13.3 Å². The molecule has 0 aliphatic carbocycles. The van der Waals surface area contributed by atoms with Crippen LogP contribution in [0.2, 0.25) is 0 Å². The van der Waals surface area contributed by atoms with Gasteiger partial charge in [0.1, 0.15) is 5.82 Å². The molecule has 17 heavy (non-hydrogen) atoms. The Hall–Kier alpha value is -1.78. The molecule has 1 N–H and O–H groups in total. The van der Waals surface area contributed by atoms with Gasteiger partial charge in [-0.3, -0.25) is 9.36 Å². The maximum Gasteiger partial charge on any atom is 0.148 e. The van der Waals surface area contributed by atoms with Crippen LogP contribution in [0.1, 0.15) is 24.6 Å². The van der Waals surface area contributed by atoms with Gasteiger partial charge in [0.2, 0.25) is 0 Å². The van der Waals surface area contributed by atoms with Crippen LogP contribution in [0.15, 0.2) is 18.5 Å². The summed E-state index contributed by atoms with van der Waals surface area (Å²) in [6, 6.07) is 2.00. The number of nitrogens with zero attached hydrogens (tertiary/aromatic N) is 4. The second-order valence-electron chi connectivity index (χ2n) is 4.23. The van der Waals surface area contributed by atoms with Crippen molar-refractivity contribution in [3.63, 3.8) is 0 Å². The molecule has 2 aromatic rings. The maximum atomic E-state index is 4.43. The lowest BCUT2D eigenvalue weighted by Crippen LogP contribution is -2.02. The number of anilines is 1. The van der Waals surface area contributed by atoms with Crippen LogP contribution < -0.4 is 5.32 Å². The van der Waals surface area contributed by atoms with Gasteiger partial charge in [-0.2, -0.15) is 10.2 Å². The molecule has 0 aliphatic heterocycles.